The van der Waals surface area contributed by atoms with Gasteiger partial charge in [0.05, 0.1) is 0 Å². The van der Waals surface area contributed by atoms with Gasteiger partial charge in [0, 0.05) is 28.8 Å². The number of carbonyl (C=O) groups is 1. The van der Waals surface area contributed by atoms with Crippen LogP contribution < -0.4 is 5.32 Å². The summed E-state index contributed by atoms with van der Waals surface area (Å²) in [4.78, 5) is 12.1. The SMILES string of the molecule is CCn1cc(Br)cc1C(=O)NCCc1cccc(Cl)c1. The average molecular weight is 356 g/mol. The van der Waals surface area contributed by atoms with E-state index < -0.39 is 0 Å². The minimum absolute atomic E-state index is 0.0559. The van der Waals surface area contributed by atoms with Crippen molar-refractivity contribution in [3.63, 3.8) is 0 Å². The molecule has 1 N–H and O–H groups in total. The fourth-order valence-corrected chi connectivity index (χ4v) is 2.71. The molecular formula is C15H16BrClN2O. The Bertz CT molecular complexity index is 610. The summed E-state index contributed by atoms with van der Waals surface area (Å²) in [5.41, 5.74) is 1.79. The maximum absolute atomic E-state index is 12.1. The molecule has 0 saturated carbocycles. The number of nitrogens with one attached hydrogen (secondary N) is 1. The standard InChI is InChI=1S/C15H16BrClN2O/c1-2-19-10-12(16)9-14(19)15(20)18-7-6-11-4-3-5-13(17)8-11/h3-5,8-10H,2,6-7H2,1H3,(H,18,20). The van der Waals surface area contributed by atoms with E-state index in [1.165, 1.54) is 0 Å². The zero-order valence-electron chi connectivity index (χ0n) is 11.2. The molecule has 0 aliphatic carbocycles. The second kappa shape index (κ2) is 6.95. The molecule has 1 aromatic carbocycles. The number of hydrogen-bond acceptors (Lipinski definition) is 1. The fraction of sp³-hybridized carbons (Fsp3) is 0.267. The van der Waals surface area contributed by atoms with Crippen LogP contribution in [0.3, 0.4) is 0 Å². The first-order valence-corrected chi connectivity index (χ1v) is 7.65. The maximum atomic E-state index is 12.1. The van der Waals surface area contributed by atoms with Gasteiger partial charge in [-0.3, -0.25) is 4.79 Å². The Labute approximate surface area is 132 Å². The molecule has 0 aliphatic rings. The van der Waals surface area contributed by atoms with Crippen molar-refractivity contribution in [1.82, 2.24) is 9.88 Å². The molecule has 0 bridgehead atoms. The summed E-state index contributed by atoms with van der Waals surface area (Å²) in [7, 11) is 0. The van der Waals surface area contributed by atoms with Crippen LogP contribution in [0, 0.1) is 0 Å². The van der Waals surface area contributed by atoms with E-state index >= 15 is 0 Å². The predicted molar refractivity (Wildman–Crippen MR) is 85.3 cm³/mol. The van der Waals surface area contributed by atoms with Gasteiger partial charge >= 0.3 is 0 Å². The molecule has 0 radical (unpaired) electrons. The van der Waals surface area contributed by atoms with Crippen LogP contribution in [0.5, 0.6) is 0 Å². The highest BCUT2D eigenvalue weighted by atomic mass is 79.9. The number of aromatic nitrogens is 1. The number of nitrogens with zero attached hydrogens (tertiary/aromatic N) is 1. The van der Waals surface area contributed by atoms with Gasteiger partial charge in [0.15, 0.2) is 0 Å². The minimum Gasteiger partial charge on any atom is -0.350 e. The Morgan fingerprint density at radius 2 is 2.20 bits per heavy atom. The number of hydrogen-bond donors (Lipinski definition) is 1. The molecule has 3 nitrogen and oxygen atoms in total. The van der Waals surface area contributed by atoms with Gasteiger partial charge < -0.3 is 9.88 Å². The lowest BCUT2D eigenvalue weighted by molar-refractivity contribution is 0.0945. The molecule has 1 heterocycles. The Hall–Kier alpha value is -1.26. The molecule has 1 amide bonds. The second-order valence-corrected chi connectivity index (χ2v) is 5.82. The van der Waals surface area contributed by atoms with Crippen LogP contribution >= 0.6 is 27.5 Å². The summed E-state index contributed by atoms with van der Waals surface area (Å²) in [6.45, 7) is 3.36. The molecule has 0 spiro atoms. The fourth-order valence-electron chi connectivity index (χ4n) is 2.03. The third-order valence-corrected chi connectivity index (χ3v) is 3.69. The van der Waals surface area contributed by atoms with Crippen molar-refractivity contribution in [2.45, 2.75) is 19.9 Å². The van der Waals surface area contributed by atoms with Crippen LogP contribution in [-0.4, -0.2) is 17.0 Å². The van der Waals surface area contributed by atoms with Crippen molar-refractivity contribution < 1.29 is 4.79 Å². The van der Waals surface area contributed by atoms with Crippen molar-refractivity contribution in [2.75, 3.05) is 6.54 Å². The van der Waals surface area contributed by atoms with Crippen LogP contribution in [0.15, 0.2) is 41.0 Å². The first-order valence-electron chi connectivity index (χ1n) is 6.48. The normalized spacial score (nSPS) is 10.6. The van der Waals surface area contributed by atoms with Gasteiger partial charge in [-0.05, 0) is 53.0 Å². The predicted octanol–water partition coefficient (Wildman–Crippen LogP) is 3.90. The third kappa shape index (κ3) is 3.87. The lowest BCUT2D eigenvalue weighted by Gasteiger charge is -2.08. The third-order valence-electron chi connectivity index (χ3n) is 3.02. The molecule has 1 aromatic heterocycles. The van der Waals surface area contributed by atoms with E-state index in [9.17, 15) is 4.79 Å². The number of carbonyl (C=O) groups excluding carboxylic acids is 1. The number of halogens is 2. The van der Waals surface area contributed by atoms with Crippen LogP contribution in [-0.2, 0) is 13.0 Å². The molecular weight excluding hydrogens is 340 g/mol. The number of amides is 1. The molecule has 5 heteroatoms. The van der Waals surface area contributed by atoms with Crippen molar-refractivity contribution in [2.24, 2.45) is 0 Å². The highest BCUT2D eigenvalue weighted by molar-refractivity contribution is 9.10. The quantitative estimate of drug-likeness (QED) is 0.867. The zero-order chi connectivity index (χ0) is 14.5. The Kier molecular flexibility index (Phi) is 5.26. The number of benzene rings is 1. The van der Waals surface area contributed by atoms with Crippen molar-refractivity contribution in [1.29, 1.82) is 0 Å². The van der Waals surface area contributed by atoms with E-state index in [1.807, 2.05) is 48.0 Å². The van der Waals surface area contributed by atoms with Gasteiger partial charge in [0.1, 0.15) is 5.69 Å². The maximum Gasteiger partial charge on any atom is 0.267 e. The highest BCUT2D eigenvalue weighted by Crippen LogP contribution is 2.15. The topological polar surface area (TPSA) is 34.0 Å². The van der Waals surface area contributed by atoms with E-state index in [0.29, 0.717) is 12.2 Å². The summed E-state index contributed by atoms with van der Waals surface area (Å²) in [5.74, 6) is -0.0559. The molecule has 2 rings (SSSR count). The van der Waals surface area contributed by atoms with Crippen LogP contribution in [0.2, 0.25) is 5.02 Å². The summed E-state index contributed by atoms with van der Waals surface area (Å²) in [5, 5.41) is 3.65. The average Bonchev–Trinajstić information content (AvgIpc) is 2.80. The molecule has 106 valence electrons. The Morgan fingerprint density at radius 1 is 1.40 bits per heavy atom. The van der Waals surface area contributed by atoms with Crippen LogP contribution in [0.4, 0.5) is 0 Å². The largest absolute Gasteiger partial charge is 0.350 e. The number of rotatable bonds is 5. The molecule has 0 aliphatic heterocycles. The van der Waals surface area contributed by atoms with Crippen LogP contribution in [0.25, 0.3) is 0 Å². The van der Waals surface area contributed by atoms with Crippen molar-refractivity contribution in [3.05, 3.63) is 57.3 Å². The van der Waals surface area contributed by atoms with Crippen LogP contribution in [0.1, 0.15) is 23.0 Å². The molecule has 0 atom stereocenters. The summed E-state index contributed by atoms with van der Waals surface area (Å²) >= 11 is 9.32. The van der Waals surface area contributed by atoms with Gasteiger partial charge in [0.25, 0.3) is 5.91 Å². The second-order valence-electron chi connectivity index (χ2n) is 4.47. The monoisotopic (exact) mass is 354 g/mol. The summed E-state index contributed by atoms with van der Waals surface area (Å²) in [6.07, 6.45) is 2.67. The Morgan fingerprint density at radius 3 is 2.90 bits per heavy atom. The first kappa shape index (κ1) is 15.1. The Balaban J connectivity index is 1.92. The first-order chi connectivity index (χ1) is 9.60. The molecule has 0 fully saturated rings. The minimum atomic E-state index is -0.0559. The van der Waals surface area contributed by atoms with E-state index in [1.54, 1.807) is 0 Å². The van der Waals surface area contributed by atoms with Gasteiger partial charge in [-0.25, -0.2) is 0 Å². The summed E-state index contributed by atoms with van der Waals surface area (Å²) in [6, 6.07) is 9.51. The van der Waals surface area contributed by atoms with Gasteiger partial charge in [-0.15, -0.1) is 0 Å². The van der Waals surface area contributed by atoms with Gasteiger partial charge in [-0.1, -0.05) is 23.7 Å². The van der Waals surface area contributed by atoms with E-state index in [4.69, 9.17) is 11.6 Å². The smallest absolute Gasteiger partial charge is 0.267 e. The molecule has 0 saturated heterocycles. The van der Waals surface area contributed by atoms with Gasteiger partial charge in [-0.2, -0.15) is 0 Å². The van der Waals surface area contributed by atoms with Crippen molar-refractivity contribution >= 4 is 33.4 Å². The lowest BCUT2D eigenvalue weighted by atomic mass is 10.1. The van der Waals surface area contributed by atoms with E-state index in [-0.39, 0.29) is 5.91 Å². The number of aryl methyl sites for hydroxylation is 1. The highest BCUT2D eigenvalue weighted by Gasteiger charge is 2.11. The van der Waals surface area contributed by atoms with Crippen molar-refractivity contribution in [3.8, 4) is 0 Å². The van der Waals surface area contributed by atoms with E-state index in [2.05, 4.69) is 21.2 Å². The molecule has 2 aromatic rings. The summed E-state index contributed by atoms with van der Waals surface area (Å²) < 4.78 is 2.83. The van der Waals surface area contributed by atoms with Gasteiger partial charge in [0.2, 0.25) is 0 Å². The lowest BCUT2D eigenvalue weighted by Crippen LogP contribution is -2.27. The molecule has 0 unspecified atom stereocenters. The van der Waals surface area contributed by atoms with E-state index in [0.717, 1.165) is 28.0 Å². The zero-order valence-corrected chi connectivity index (χ0v) is 13.5. The molecule has 20 heavy (non-hydrogen) atoms.